The highest BCUT2D eigenvalue weighted by atomic mass is 35.5. The van der Waals surface area contributed by atoms with E-state index in [0.29, 0.717) is 16.3 Å². The molecule has 25 heavy (non-hydrogen) atoms. The summed E-state index contributed by atoms with van der Waals surface area (Å²) in [5.74, 6) is -1.12. The Morgan fingerprint density at radius 3 is 2.60 bits per heavy atom. The zero-order valence-electron chi connectivity index (χ0n) is 13.5. The van der Waals surface area contributed by atoms with Crippen LogP contribution in [0, 0.1) is 18.3 Å². The van der Waals surface area contributed by atoms with Gasteiger partial charge in [-0.2, -0.15) is 5.26 Å². The minimum absolute atomic E-state index is 0.416. The standard InChI is InChI=1S/C19H15ClN2O3/c1-13-2-8-17(16(20)10-13)22-18(23)12-25-19(24)9-7-14-3-5-15(11-21)6-4-14/h2-10H,12H2,1H3,(H,22,23)/b9-7+. The van der Waals surface area contributed by atoms with Crippen molar-refractivity contribution in [2.75, 3.05) is 11.9 Å². The molecule has 0 radical (unpaired) electrons. The Hall–Kier alpha value is -3.10. The number of carbonyl (C=O) groups is 2. The summed E-state index contributed by atoms with van der Waals surface area (Å²) in [5.41, 5.74) is 2.71. The molecule has 0 saturated carbocycles. The molecular weight excluding hydrogens is 340 g/mol. The first-order valence-corrected chi connectivity index (χ1v) is 7.77. The number of nitrogens with zero attached hydrogens (tertiary/aromatic N) is 1. The van der Waals surface area contributed by atoms with Gasteiger partial charge in [0.05, 0.1) is 22.3 Å². The summed E-state index contributed by atoms with van der Waals surface area (Å²) in [7, 11) is 0. The molecule has 0 aliphatic carbocycles. The normalized spacial score (nSPS) is 10.3. The average Bonchev–Trinajstić information content (AvgIpc) is 2.61. The molecule has 126 valence electrons. The van der Waals surface area contributed by atoms with Crippen LogP contribution in [0.25, 0.3) is 6.08 Å². The summed E-state index contributed by atoms with van der Waals surface area (Å²) in [6.45, 7) is 1.47. The minimum Gasteiger partial charge on any atom is -0.452 e. The highest BCUT2D eigenvalue weighted by molar-refractivity contribution is 6.33. The lowest BCUT2D eigenvalue weighted by molar-refractivity contribution is -0.142. The van der Waals surface area contributed by atoms with Gasteiger partial charge < -0.3 is 10.1 Å². The number of benzene rings is 2. The number of nitrogens with one attached hydrogen (secondary N) is 1. The summed E-state index contributed by atoms with van der Waals surface area (Å²) in [6, 6.07) is 13.9. The molecule has 0 spiro atoms. The van der Waals surface area contributed by atoms with Gasteiger partial charge in [-0.1, -0.05) is 29.8 Å². The molecule has 2 aromatic carbocycles. The first kappa shape index (κ1) is 18.2. The number of nitriles is 1. The van der Waals surface area contributed by atoms with Gasteiger partial charge in [0.2, 0.25) is 0 Å². The van der Waals surface area contributed by atoms with E-state index in [1.807, 2.05) is 19.1 Å². The third-order valence-corrected chi connectivity index (χ3v) is 3.51. The lowest BCUT2D eigenvalue weighted by Crippen LogP contribution is -2.20. The smallest absolute Gasteiger partial charge is 0.331 e. The Morgan fingerprint density at radius 2 is 1.96 bits per heavy atom. The number of anilines is 1. The van der Waals surface area contributed by atoms with Gasteiger partial charge in [0, 0.05) is 6.08 Å². The number of halogens is 1. The summed E-state index contributed by atoms with van der Waals surface area (Å²) in [5, 5.41) is 11.7. The fourth-order valence-electron chi connectivity index (χ4n) is 1.93. The number of esters is 1. The molecule has 0 atom stereocenters. The van der Waals surface area contributed by atoms with Crippen LogP contribution in [0.5, 0.6) is 0 Å². The molecule has 0 fully saturated rings. The SMILES string of the molecule is Cc1ccc(NC(=O)COC(=O)/C=C/c2ccc(C#N)cc2)c(Cl)c1. The Morgan fingerprint density at radius 1 is 1.24 bits per heavy atom. The van der Waals surface area contributed by atoms with Crippen LogP contribution in [0.15, 0.2) is 48.5 Å². The van der Waals surface area contributed by atoms with E-state index in [2.05, 4.69) is 5.32 Å². The van der Waals surface area contributed by atoms with Gasteiger partial charge in [0.15, 0.2) is 6.61 Å². The van der Waals surface area contributed by atoms with Crippen molar-refractivity contribution in [2.24, 2.45) is 0 Å². The number of rotatable bonds is 5. The number of hydrogen-bond donors (Lipinski definition) is 1. The zero-order valence-corrected chi connectivity index (χ0v) is 14.2. The molecule has 0 saturated heterocycles. The van der Waals surface area contributed by atoms with Gasteiger partial charge in [0.1, 0.15) is 0 Å². The Bertz CT molecular complexity index is 852. The average molecular weight is 355 g/mol. The lowest BCUT2D eigenvalue weighted by atomic mass is 10.1. The maximum atomic E-state index is 11.8. The second-order valence-corrected chi connectivity index (χ2v) is 5.61. The van der Waals surface area contributed by atoms with Gasteiger partial charge in [-0.25, -0.2) is 4.79 Å². The van der Waals surface area contributed by atoms with E-state index in [1.165, 1.54) is 12.2 Å². The molecule has 0 aliphatic heterocycles. The lowest BCUT2D eigenvalue weighted by Gasteiger charge is -2.07. The van der Waals surface area contributed by atoms with Crippen LogP contribution in [0.3, 0.4) is 0 Å². The number of carbonyl (C=O) groups excluding carboxylic acids is 2. The first-order valence-electron chi connectivity index (χ1n) is 7.39. The van der Waals surface area contributed by atoms with Crippen molar-refractivity contribution >= 4 is 35.2 Å². The van der Waals surface area contributed by atoms with Crippen molar-refractivity contribution in [3.05, 3.63) is 70.3 Å². The molecule has 0 bridgehead atoms. The number of hydrogen-bond acceptors (Lipinski definition) is 4. The van der Waals surface area contributed by atoms with Crippen LogP contribution in [0.2, 0.25) is 5.02 Å². The quantitative estimate of drug-likeness (QED) is 0.655. The molecule has 1 amide bonds. The van der Waals surface area contributed by atoms with E-state index in [9.17, 15) is 9.59 Å². The van der Waals surface area contributed by atoms with Crippen LogP contribution in [0.4, 0.5) is 5.69 Å². The Labute approximate surface area is 150 Å². The maximum Gasteiger partial charge on any atom is 0.331 e. The second-order valence-electron chi connectivity index (χ2n) is 5.21. The number of aryl methyl sites for hydroxylation is 1. The number of ether oxygens (including phenoxy) is 1. The molecule has 2 aromatic rings. The van der Waals surface area contributed by atoms with Gasteiger partial charge in [-0.05, 0) is 48.4 Å². The van der Waals surface area contributed by atoms with E-state index < -0.39 is 18.5 Å². The molecule has 0 unspecified atom stereocenters. The topological polar surface area (TPSA) is 79.2 Å². The van der Waals surface area contributed by atoms with Crippen LogP contribution < -0.4 is 5.32 Å². The van der Waals surface area contributed by atoms with E-state index in [4.69, 9.17) is 21.6 Å². The van der Waals surface area contributed by atoms with Crippen molar-refractivity contribution in [3.8, 4) is 6.07 Å². The monoisotopic (exact) mass is 354 g/mol. The van der Waals surface area contributed by atoms with Crippen molar-refractivity contribution in [1.82, 2.24) is 0 Å². The minimum atomic E-state index is -0.644. The second kappa shape index (κ2) is 8.67. The van der Waals surface area contributed by atoms with E-state index in [0.717, 1.165) is 11.1 Å². The molecule has 0 heterocycles. The van der Waals surface area contributed by atoms with Crippen molar-refractivity contribution in [1.29, 1.82) is 5.26 Å². The van der Waals surface area contributed by atoms with Crippen LogP contribution in [-0.2, 0) is 14.3 Å². The van der Waals surface area contributed by atoms with Gasteiger partial charge in [-0.15, -0.1) is 0 Å². The van der Waals surface area contributed by atoms with Gasteiger partial charge in [0.25, 0.3) is 5.91 Å². The van der Waals surface area contributed by atoms with Gasteiger partial charge >= 0.3 is 5.97 Å². The van der Waals surface area contributed by atoms with Crippen molar-refractivity contribution in [2.45, 2.75) is 6.92 Å². The predicted octanol–water partition coefficient (Wildman–Crippen LogP) is 3.72. The third-order valence-electron chi connectivity index (χ3n) is 3.20. The van der Waals surface area contributed by atoms with Crippen LogP contribution in [-0.4, -0.2) is 18.5 Å². The van der Waals surface area contributed by atoms with Crippen molar-refractivity contribution < 1.29 is 14.3 Å². The maximum absolute atomic E-state index is 11.8. The van der Waals surface area contributed by atoms with Gasteiger partial charge in [-0.3, -0.25) is 4.79 Å². The largest absolute Gasteiger partial charge is 0.452 e. The molecule has 5 nitrogen and oxygen atoms in total. The summed E-state index contributed by atoms with van der Waals surface area (Å²) < 4.78 is 4.87. The summed E-state index contributed by atoms with van der Waals surface area (Å²) >= 11 is 6.02. The Kier molecular flexibility index (Phi) is 6.33. The first-order chi connectivity index (χ1) is 12.0. The molecule has 1 N–H and O–H groups in total. The van der Waals surface area contributed by atoms with Crippen molar-refractivity contribution in [3.63, 3.8) is 0 Å². The molecule has 0 aliphatic rings. The van der Waals surface area contributed by atoms with E-state index >= 15 is 0 Å². The van der Waals surface area contributed by atoms with Crippen LogP contribution >= 0.6 is 11.6 Å². The van der Waals surface area contributed by atoms with E-state index in [-0.39, 0.29) is 0 Å². The van der Waals surface area contributed by atoms with Crippen LogP contribution in [0.1, 0.15) is 16.7 Å². The fraction of sp³-hybridized carbons (Fsp3) is 0.105. The highest BCUT2D eigenvalue weighted by Gasteiger charge is 2.08. The molecular formula is C19H15ClN2O3. The fourth-order valence-corrected chi connectivity index (χ4v) is 2.21. The molecule has 2 rings (SSSR count). The van der Waals surface area contributed by atoms with E-state index in [1.54, 1.807) is 36.4 Å². The molecule has 6 heteroatoms. The number of amides is 1. The highest BCUT2D eigenvalue weighted by Crippen LogP contribution is 2.22. The summed E-state index contributed by atoms with van der Waals surface area (Å²) in [4.78, 5) is 23.4. The Balaban J connectivity index is 1.83. The summed E-state index contributed by atoms with van der Waals surface area (Å²) in [6.07, 6.45) is 2.76. The zero-order chi connectivity index (χ0) is 18.2. The third kappa shape index (κ3) is 5.79. The molecule has 0 aromatic heterocycles. The predicted molar refractivity (Wildman–Crippen MR) is 96.0 cm³/mol.